The van der Waals surface area contributed by atoms with Crippen LogP contribution in [0.4, 0.5) is 0 Å². The molecule has 85 valence electrons. The summed E-state index contributed by atoms with van der Waals surface area (Å²) < 4.78 is 0. The third-order valence-corrected chi connectivity index (χ3v) is 3.48. The second kappa shape index (κ2) is 3.46. The molecule has 0 amide bonds. The van der Waals surface area contributed by atoms with Gasteiger partial charge >= 0.3 is 0 Å². The Kier molecular flexibility index (Phi) is 2.16. The predicted octanol–water partition coefficient (Wildman–Crippen LogP) is 4.57. The normalized spacial score (nSPS) is 13.4. The predicted molar refractivity (Wildman–Crippen MR) is 73.1 cm³/mol. The minimum atomic E-state index is 0.220. The largest absolute Gasteiger partial charge is 0.0619 e. The van der Waals surface area contributed by atoms with Crippen molar-refractivity contribution in [1.82, 2.24) is 0 Å². The highest BCUT2D eigenvalue weighted by atomic mass is 14.2. The molecule has 1 radical (unpaired) electrons. The van der Waals surface area contributed by atoms with E-state index in [9.17, 15) is 0 Å². The van der Waals surface area contributed by atoms with Gasteiger partial charge in [0.1, 0.15) is 0 Å². The van der Waals surface area contributed by atoms with Crippen molar-refractivity contribution in [2.45, 2.75) is 26.2 Å². The zero-order valence-electron chi connectivity index (χ0n) is 10.6. The highest BCUT2D eigenvalue weighted by molar-refractivity contribution is 5.81. The topological polar surface area (TPSA) is 0 Å². The van der Waals surface area contributed by atoms with Crippen LogP contribution in [-0.4, -0.2) is 0 Å². The van der Waals surface area contributed by atoms with Crippen LogP contribution in [0.1, 0.15) is 37.5 Å². The molecule has 3 rings (SSSR count). The summed E-state index contributed by atoms with van der Waals surface area (Å²) >= 11 is 0. The first kappa shape index (κ1) is 10.6. The van der Waals surface area contributed by atoms with Gasteiger partial charge in [-0.15, -0.1) is 0 Å². The molecule has 0 heterocycles. The zero-order chi connectivity index (χ0) is 12.0. The third-order valence-electron chi connectivity index (χ3n) is 3.48. The van der Waals surface area contributed by atoms with Gasteiger partial charge in [-0.3, -0.25) is 0 Å². The van der Waals surface area contributed by atoms with Crippen molar-refractivity contribution in [3.05, 3.63) is 65.6 Å². The Morgan fingerprint density at radius 3 is 2.24 bits per heavy atom. The fraction of sp³-hybridized carbons (Fsp3) is 0.235. The molecular formula is C17H17. The van der Waals surface area contributed by atoms with Gasteiger partial charge in [-0.1, -0.05) is 63.2 Å². The summed E-state index contributed by atoms with van der Waals surface area (Å²) in [7, 11) is 0. The van der Waals surface area contributed by atoms with Crippen molar-refractivity contribution in [3.63, 3.8) is 0 Å². The van der Waals surface area contributed by atoms with Gasteiger partial charge in [-0.25, -0.2) is 0 Å². The van der Waals surface area contributed by atoms with Gasteiger partial charge in [-0.2, -0.15) is 0 Å². The molecule has 1 aliphatic carbocycles. The first-order chi connectivity index (χ1) is 8.05. The van der Waals surface area contributed by atoms with E-state index in [1.165, 1.54) is 27.8 Å². The molecule has 0 spiro atoms. The molecule has 0 bridgehead atoms. The quantitative estimate of drug-likeness (QED) is 0.522. The lowest BCUT2D eigenvalue weighted by molar-refractivity contribution is 0.590. The summed E-state index contributed by atoms with van der Waals surface area (Å²) in [6.45, 7) is 6.78. The number of benzene rings is 2. The molecule has 0 heteroatoms. The van der Waals surface area contributed by atoms with Crippen LogP contribution >= 0.6 is 0 Å². The summed E-state index contributed by atoms with van der Waals surface area (Å²) in [4.78, 5) is 0. The molecule has 0 fully saturated rings. The van der Waals surface area contributed by atoms with E-state index in [2.05, 4.69) is 69.7 Å². The molecule has 2 aromatic rings. The Labute approximate surface area is 103 Å². The molecule has 17 heavy (non-hydrogen) atoms. The fourth-order valence-corrected chi connectivity index (χ4v) is 2.43. The number of rotatable bonds is 0. The summed E-state index contributed by atoms with van der Waals surface area (Å²) in [5, 5.41) is 0. The van der Waals surface area contributed by atoms with Crippen LogP contribution in [0.15, 0.2) is 42.5 Å². The minimum Gasteiger partial charge on any atom is -0.0619 e. The smallest absolute Gasteiger partial charge is 0.0212 e. The lowest BCUT2D eigenvalue weighted by atomic mass is 9.85. The Bertz CT molecular complexity index is 571. The van der Waals surface area contributed by atoms with Crippen molar-refractivity contribution >= 4 is 0 Å². The van der Waals surface area contributed by atoms with Crippen LogP contribution in [0.25, 0.3) is 11.1 Å². The fourth-order valence-electron chi connectivity index (χ4n) is 2.43. The zero-order valence-corrected chi connectivity index (χ0v) is 10.6. The molecule has 0 nitrogen and oxygen atoms in total. The second-order valence-electron chi connectivity index (χ2n) is 5.78. The van der Waals surface area contributed by atoms with Gasteiger partial charge in [0.05, 0.1) is 0 Å². The lowest BCUT2D eigenvalue weighted by Gasteiger charge is -2.20. The van der Waals surface area contributed by atoms with Gasteiger partial charge in [0.2, 0.25) is 0 Å². The molecule has 0 atom stereocenters. The Balaban J connectivity index is 2.13. The van der Waals surface area contributed by atoms with E-state index in [0.717, 1.165) is 0 Å². The van der Waals surface area contributed by atoms with Crippen LogP contribution in [0.5, 0.6) is 0 Å². The average molecular weight is 221 g/mol. The van der Waals surface area contributed by atoms with Gasteiger partial charge in [0.25, 0.3) is 0 Å². The van der Waals surface area contributed by atoms with Crippen molar-refractivity contribution in [2.75, 3.05) is 0 Å². The lowest BCUT2D eigenvalue weighted by Crippen LogP contribution is -2.11. The molecule has 0 aromatic heterocycles. The van der Waals surface area contributed by atoms with Gasteiger partial charge in [0.15, 0.2) is 0 Å². The van der Waals surface area contributed by atoms with E-state index < -0.39 is 0 Å². The maximum absolute atomic E-state index is 2.33. The Morgan fingerprint density at radius 2 is 1.47 bits per heavy atom. The number of hydrogen-bond donors (Lipinski definition) is 0. The van der Waals surface area contributed by atoms with Gasteiger partial charge < -0.3 is 0 Å². The number of fused-ring (bicyclic) bond motifs is 3. The van der Waals surface area contributed by atoms with Crippen molar-refractivity contribution < 1.29 is 0 Å². The first-order valence-corrected chi connectivity index (χ1v) is 6.14. The minimum absolute atomic E-state index is 0.220. The van der Waals surface area contributed by atoms with Crippen LogP contribution in [0.2, 0.25) is 0 Å². The van der Waals surface area contributed by atoms with Crippen molar-refractivity contribution in [2.24, 2.45) is 0 Å². The van der Waals surface area contributed by atoms with E-state index in [1.807, 2.05) is 0 Å². The highest BCUT2D eigenvalue weighted by Crippen LogP contribution is 2.39. The molecule has 0 aliphatic heterocycles. The van der Waals surface area contributed by atoms with Crippen LogP contribution < -0.4 is 0 Å². The van der Waals surface area contributed by atoms with Crippen molar-refractivity contribution in [1.29, 1.82) is 0 Å². The van der Waals surface area contributed by atoms with E-state index in [0.29, 0.717) is 0 Å². The molecule has 2 aromatic carbocycles. The van der Waals surface area contributed by atoms with Gasteiger partial charge in [0, 0.05) is 6.42 Å². The van der Waals surface area contributed by atoms with Crippen molar-refractivity contribution in [3.8, 4) is 11.1 Å². The molecule has 0 unspecified atom stereocenters. The standard InChI is InChI=1S/C17H17/c1-17(2,3)14-8-9-16-13(11-14)10-12-6-4-5-7-15(12)16/h4-11H,1-3H3. The Morgan fingerprint density at radius 1 is 0.765 bits per heavy atom. The Hall–Kier alpha value is -1.56. The monoisotopic (exact) mass is 221 g/mol. The maximum atomic E-state index is 2.33. The van der Waals surface area contributed by atoms with Crippen LogP contribution in [-0.2, 0) is 5.41 Å². The molecular weight excluding hydrogens is 204 g/mol. The highest BCUT2D eigenvalue weighted by Gasteiger charge is 2.21. The summed E-state index contributed by atoms with van der Waals surface area (Å²) in [6, 6.07) is 15.5. The van der Waals surface area contributed by atoms with Crippen LogP contribution in [0.3, 0.4) is 0 Å². The summed E-state index contributed by atoms with van der Waals surface area (Å²) in [6.07, 6.45) is 2.29. The number of hydrogen-bond acceptors (Lipinski definition) is 0. The molecule has 0 saturated heterocycles. The van der Waals surface area contributed by atoms with E-state index in [4.69, 9.17) is 0 Å². The van der Waals surface area contributed by atoms with Gasteiger partial charge in [-0.05, 0) is 33.2 Å². The van der Waals surface area contributed by atoms with E-state index in [1.54, 1.807) is 0 Å². The molecule has 1 aliphatic rings. The SMILES string of the molecule is CC(C)(C)c1ccc2c(c1)[CH]c1ccccc1-2. The molecule has 0 saturated carbocycles. The summed E-state index contributed by atoms with van der Waals surface area (Å²) in [5.74, 6) is 0. The van der Waals surface area contributed by atoms with E-state index >= 15 is 0 Å². The third kappa shape index (κ3) is 1.68. The first-order valence-electron chi connectivity index (χ1n) is 6.14. The average Bonchev–Trinajstić information content (AvgIpc) is 2.65. The molecule has 0 N–H and O–H groups in total. The maximum Gasteiger partial charge on any atom is 0.0212 e. The summed E-state index contributed by atoms with van der Waals surface area (Å²) in [5.41, 5.74) is 7.06. The van der Waals surface area contributed by atoms with Crippen LogP contribution in [0, 0.1) is 6.42 Å². The van der Waals surface area contributed by atoms with E-state index in [-0.39, 0.29) is 5.41 Å². The second-order valence-corrected chi connectivity index (χ2v) is 5.78.